The third-order valence-electron chi connectivity index (χ3n) is 2.88. The van der Waals surface area contributed by atoms with Gasteiger partial charge in [-0.25, -0.2) is 18.0 Å². The first-order valence-corrected chi connectivity index (χ1v) is 10.7. The maximum absolute atomic E-state index is 11.3. The monoisotopic (exact) mass is 481 g/mol. The number of amides is 1. The Hall–Kier alpha value is -3.01. The lowest BCUT2D eigenvalue weighted by Crippen LogP contribution is -2.30. The van der Waals surface area contributed by atoms with Crippen LogP contribution in [0.2, 0.25) is 0 Å². The van der Waals surface area contributed by atoms with Crippen LogP contribution in [0.1, 0.15) is 0 Å². The van der Waals surface area contributed by atoms with E-state index in [0.717, 1.165) is 22.7 Å². The molecular weight excluding hydrogens is 450 g/mol. The molecule has 0 spiro atoms. The first kappa shape index (κ1) is 31.2. The van der Waals surface area contributed by atoms with Crippen LogP contribution >= 0.6 is 0 Å². The maximum atomic E-state index is 11.3. The van der Waals surface area contributed by atoms with Crippen LogP contribution in [0.3, 0.4) is 0 Å². The molecule has 14 nitrogen and oxygen atoms in total. The van der Waals surface area contributed by atoms with Gasteiger partial charge in [-0.1, -0.05) is 0 Å². The predicted octanol–water partition coefficient (Wildman–Crippen LogP) is 0.656. The topological polar surface area (TPSA) is 170 Å². The van der Waals surface area contributed by atoms with Gasteiger partial charge in [-0.15, -0.1) is 0 Å². The van der Waals surface area contributed by atoms with Crippen molar-refractivity contribution in [3.63, 3.8) is 0 Å². The van der Waals surface area contributed by atoms with E-state index in [-0.39, 0.29) is 24.3 Å². The minimum atomic E-state index is -3.46. The molecule has 15 heteroatoms. The predicted molar refractivity (Wildman–Crippen MR) is 117 cm³/mol. The van der Waals surface area contributed by atoms with Crippen molar-refractivity contribution in [3.05, 3.63) is 34.4 Å². The van der Waals surface area contributed by atoms with E-state index in [4.69, 9.17) is 4.74 Å². The van der Waals surface area contributed by atoms with Crippen molar-refractivity contribution in [3.8, 4) is 5.75 Å². The van der Waals surface area contributed by atoms with Gasteiger partial charge in [0.25, 0.3) is 5.69 Å². The summed E-state index contributed by atoms with van der Waals surface area (Å²) in [5.41, 5.74) is -0.150. The number of rotatable bonds is 7. The van der Waals surface area contributed by atoms with Gasteiger partial charge in [0, 0.05) is 33.3 Å². The van der Waals surface area contributed by atoms with Gasteiger partial charge in [0.2, 0.25) is 10.0 Å². The minimum Gasteiger partial charge on any atom is -0.433 e. The Morgan fingerprint density at radius 3 is 1.94 bits per heavy atom. The van der Waals surface area contributed by atoms with Crippen LogP contribution in [0.25, 0.3) is 0 Å². The second-order valence-electron chi connectivity index (χ2n) is 6.04. The van der Waals surface area contributed by atoms with Crippen LogP contribution in [-0.4, -0.2) is 96.8 Å². The maximum Gasteiger partial charge on any atom is 0.515 e. The van der Waals surface area contributed by atoms with Crippen LogP contribution in [0.5, 0.6) is 5.75 Å². The lowest BCUT2D eigenvalue weighted by Gasteiger charge is -2.13. The number of ether oxygens (including phenoxy) is 3. The fraction of sp³-hybridized carbons (Fsp3) is 0.529. The van der Waals surface area contributed by atoms with Gasteiger partial charge in [0.15, 0.2) is 6.73 Å². The van der Waals surface area contributed by atoms with Crippen LogP contribution in [0.4, 0.5) is 15.3 Å². The molecule has 184 valence electrons. The molecular formula is C17H31N5O9S. The number of carbonyl (C=O) groups excluding carboxylic acids is 2. The molecule has 1 amide bonds. The first-order chi connectivity index (χ1) is 14.8. The summed E-state index contributed by atoms with van der Waals surface area (Å²) in [6.07, 6.45) is -0.489. The first-order valence-electron chi connectivity index (χ1n) is 8.87. The molecule has 2 N–H and O–H groups in total. The zero-order valence-electron chi connectivity index (χ0n) is 19.1. The van der Waals surface area contributed by atoms with Crippen molar-refractivity contribution in [1.82, 2.24) is 19.8 Å². The van der Waals surface area contributed by atoms with Crippen molar-refractivity contribution in [2.45, 2.75) is 0 Å². The van der Waals surface area contributed by atoms with Crippen LogP contribution in [-0.2, 0) is 19.5 Å². The van der Waals surface area contributed by atoms with Crippen LogP contribution in [0, 0.1) is 10.1 Å². The van der Waals surface area contributed by atoms with Gasteiger partial charge in [0.05, 0.1) is 11.2 Å². The van der Waals surface area contributed by atoms with E-state index < -0.39 is 27.8 Å². The molecule has 0 aliphatic heterocycles. The Labute approximate surface area is 187 Å². The quantitative estimate of drug-likeness (QED) is 0.184. The number of nitro groups is 1. The van der Waals surface area contributed by atoms with Gasteiger partial charge >= 0.3 is 12.2 Å². The van der Waals surface area contributed by atoms with Crippen molar-refractivity contribution in [1.29, 1.82) is 0 Å². The third-order valence-corrected chi connectivity index (χ3v) is 4.12. The van der Waals surface area contributed by atoms with Gasteiger partial charge in [0.1, 0.15) is 12.5 Å². The zero-order valence-corrected chi connectivity index (χ0v) is 20.0. The molecule has 0 atom stereocenters. The summed E-state index contributed by atoms with van der Waals surface area (Å²) in [6.45, 7) is -0.234. The highest BCUT2D eigenvalue weighted by Crippen LogP contribution is 2.17. The second kappa shape index (κ2) is 16.7. The van der Waals surface area contributed by atoms with E-state index in [0.29, 0.717) is 0 Å². The van der Waals surface area contributed by atoms with Crippen LogP contribution < -0.4 is 15.4 Å². The number of hydrogen-bond donors (Lipinski definition) is 2. The number of nitrogens with zero attached hydrogens (tertiary/aromatic N) is 3. The van der Waals surface area contributed by atoms with Gasteiger partial charge in [-0.3, -0.25) is 15.4 Å². The zero-order chi connectivity index (χ0) is 25.3. The number of sulfonamides is 1. The molecule has 0 radical (unpaired) electrons. The van der Waals surface area contributed by atoms with E-state index in [2.05, 4.69) is 20.1 Å². The van der Waals surface area contributed by atoms with E-state index in [1.807, 2.05) is 14.1 Å². The molecule has 0 aliphatic carbocycles. The summed E-state index contributed by atoms with van der Waals surface area (Å²) in [6, 6.07) is 4.76. The molecule has 0 aliphatic rings. The van der Waals surface area contributed by atoms with Crippen molar-refractivity contribution in [2.75, 3.05) is 62.0 Å². The molecule has 0 aromatic heterocycles. The summed E-state index contributed by atoms with van der Waals surface area (Å²) in [7, 11) is 6.50. The molecule has 1 aromatic rings. The Morgan fingerprint density at radius 2 is 1.56 bits per heavy atom. The van der Waals surface area contributed by atoms with Gasteiger partial charge in [-0.2, -0.15) is 4.31 Å². The molecule has 0 saturated heterocycles. The molecule has 0 heterocycles. The SMILES string of the molecule is CN(COC(=O)Oc1ccc([N+](=O)[O-])cc1)S(C)(=O)=O.CNC.CNCOC(=O)N(C)C. The van der Waals surface area contributed by atoms with Crippen molar-refractivity contribution >= 4 is 28.0 Å². The fourth-order valence-corrected chi connectivity index (χ4v) is 1.51. The van der Waals surface area contributed by atoms with Gasteiger partial charge in [-0.05, 0) is 33.3 Å². The van der Waals surface area contributed by atoms with Gasteiger partial charge < -0.3 is 24.4 Å². The summed E-state index contributed by atoms with van der Waals surface area (Å²) >= 11 is 0. The second-order valence-corrected chi connectivity index (χ2v) is 8.13. The number of nitro benzene ring substituents is 1. The number of non-ortho nitro benzene ring substituents is 1. The molecule has 1 aromatic carbocycles. The lowest BCUT2D eigenvalue weighted by atomic mass is 10.3. The minimum absolute atomic E-state index is 0.0441. The molecule has 0 saturated carbocycles. The van der Waals surface area contributed by atoms with E-state index in [1.165, 1.54) is 24.1 Å². The molecule has 0 bridgehead atoms. The molecule has 1 rings (SSSR count). The molecule has 0 fully saturated rings. The summed E-state index contributed by atoms with van der Waals surface area (Å²) in [4.78, 5) is 33.0. The highest BCUT2D eigenvalue weighted by atomic mass is 32.2. The van der Waals surface area contributed by atoms with Crippen molar-refractivity contribution < 1.29 is 37.1 Å². The van der Waals surface area contributed by atoms with Crippen molar-refractivity contribution in [2.24, 2.45) is 0 Å². The Balaban J connectivity index is 0. The summed E-state index contributed by atoms with van der Waals surface area (Å²) in [5, 5.41) is 15.9. The lowest BCUT2D eigenvalue weighted by molar-refractivity contribution is -0.384. The van der Waals surface area contributed by atoms with E-state index in [1.54, 1.807) is 21.1 Å². The standard InChI is InChI=1S/C10H12N2O7S.C5H12N2O2.C2H7N/c1-11(20(2,16)17)7-18-10(13)19-9-5-3-8(4-6-9)12(14)15;1-6-4-9-5(8)7(2)3;1-3-2/h3-6H,7H2,1-2H3;6H,4H2,1-3H3;3H,1-2H3. The van der Waals surface area contributed by atoms with E-state index >= 15 is 0 Å². The Bertz CT molecular complexity index is 801. The largest absolute Gasteiger partial charge is 0.515 e. The molecule has 0 unspecified atom stereocenters. The number of nitrogens with one attached hydrogen (secondary N) is 2. The normalized spacial score (nSPS) is 10.0. The third kappa shape index (κ3) is 15.8. The highest BCUT2D eigenvalue weighted by Gasteiger charge is 2.15. The smallest absolute Gasteiger partial charge is 0.433 e. The summed E-state index contributed by atoms with van der Waals surface area (Å²) in [5.74, 6) is 0.0441. The van der Waals surface area contributed by atoms with E-state index in [9.17, 15) is 28.1 Å². The molecule has 32 heavy (non-hydrogen) atoms. The Kier molecular flexibility index (Phi) is 16.2. The number of benzene rings is 1. The number of carbonyl (C=O) groups is 2. The van der Waals surface area contributed by atoms with Crippen LogP contribution in [0.15, 0.2) is 24.3 Å². The fourth-order valence-electron chi connectivity index (χ4n) is 1.26. The highest BCUT2D eigenvalue weighted by molar-refractivity contribution is 7.88. The average molecular weight is 482 g/mol. The Morgan fingerprint density at radius 1 is 1.06 bits per heavy atom. The average Bonchev–Trinajstić information content (AvgIpc) is 2.70. The summed E-state index contributed by atoms with van der Waals surface area (Å²) < 4.78 is 36.8. The number of hydrogen-bond acceptors (Lipinski definition) is 11.